The van der Waals surface area contributed by atoms with E-state index in [2.05, 4.69) is 113 Å². The van der Waals surface area contributed by atoms with Gasteiger partial charge in [0.15, 0.2) is 0 Å². The van der Waals surface area contributed by atoms with Crippen LogP contribution in [-0.4, -0.2) is 4.57 Å². The highest BCUT2D eigenvalue weighted by Gasteiger charge is 2.11. The summed E-state index contributed by atoms with van der Waals surface area (Å²) < 4.78 is 5.70. The van der Waals surface area contributed by atoms with Crippen molar-refractivity contribution in [1.82, 2.24) is 4.57 Å². The number of rotatable bonds is 2. The fourth-order valence-corrected chi connectivity index (χ4v) is 3.98. The second kappa shape index (κ2) is 6.08. The molecule has 4 rings (SSSR count). The second-order valence-electron chi connectivity index (χ2n) is 5.54. The number of halogens is 3. The Balaban J connectivity index is 1.97. The summed E-state index contributed by atoms with van der Waals surface area (Å²) in [6.45, 7) is 0.858. The van der Waals surface area contributed by atoms with E-state index >= 15 is 0 Å². The number of benzene rings is 3. The average Bonchev–Trinajstić information content (AvgIpc) is 2.82. The van der Waals surface area contributed by atoms with Gasteiger partial charge in [-0.05, 0) is 54.1 Å². The van der Waals surface area contributed by atoms with Crippen molar-refractivity contribution in [2.75, 3.05) is 0 Å². The van der Waals surface area contributed by atoms with Crippen molar-refractivity contribution < 1.29 is 0 Å². The Hall–Kier alpha value is -1.10. The molecule has 0 N–H and O–H groups in total. The van der Waals surface area contributed by atoms with E-state index < -0.39 is 0 Å². The highest BCUT2D eigenvalue weighted by Crippen LogP contribution is 2.33. The lowest BCUT2D eigenvalue weighted by molar-refractivity contribution is 0.868. The van der Waals surface area contributed by atoms with E-state index in [4.69, 9.17) is 0 Å². The first-order valence-corrected chi connectivity index (χ1v) is 9.61. The van der Waals surface area contributed by atoms with Gasteiger partial charge in [-0.2, -0.15) is 0 Å². The van der Waals surface area contributed by atoms with Crippen LogP contribution in [-0.2, 0) is 6.54 Å². The number of nitrogens with zero attached hydrogens (tertiary/aromatic N) is 1. The molecule has 0 saturated heterocycles. The minimum absolute atomic E-state index is 0.858. The minimum Gasteiger partial charge on any atom is -0.336 e. The van der Waals surface area contributed by atoms with Gasteiger partial charge in [0.2, 0.25) is 0 Å². The molecular weight excluding hydrogens is 482 g/mol. The summed E-state index contributed by atoms with van der Waals surface area (Å²) in [5, 5.41) is 2.54. The van der Waals surface area contributed by atoms with E-state index in [0.717, 1.165) is 20.0 Å². The Labute approximate surface area is 159 Å². The van der Waals surface area contributed by atoms with Crippen LogP contribution in [0, 0.1) is 0 Å². The molecule has 4 heteroatoms. The van der Waals surface area contributed by atoms with Crippen molar-refractivity contribution in [2.45, 2.75) is 6.54 Å². The third-order valence-corrected chi connectivity index (χ3v) is 5.56. The van der Waals surface area contributed by atoms with Gasteiger partial charge in [0.25, 0.3) is 0 Å². The largest absolute Gasteiger partial charge is 0.336 e. The van der Waals surface area contributed by atoms with Crippen LogP contribution in [0.3, 0.4) is 0 Å². The SMILES string of the molecule is Brc1ccc(Cn2c3ccc(Br)cc3c3cc(Br)ccc32)cc1. The van der Waals surface area contributed by atoms with E-state index in [1.165, 1.54) is 27.4 Å². The Bertz CT molecular complexity index is 957. The second-order valence-corrected chi connectivity index (χ2v) is 8.28. The molecule has 0 aliphatic heterocycles. The molecule has 0 saturated carbocycles. The van der Waals surface area contributed by atoms with Crippen molar-refractivity contribution in [1.29, 1.82) is 0 Å². The summed E-state index contributed by atoms with van der Waals surface area (Å²) in [7, 11) is 0. The summed E-state index contributed by atoms with van der Waals surface area (Å²) in [5.74, 6) is 0. The van der Waals surface area contributed by atoms with Crippen molar-refractivity contribution in [3.05, 3.63) is 79.6 Å². The Morgan fingerprint density at radius 1 is 0.609 bits per heavy atom. The summed E-state index contributed by atoms with van der Waals surface area (Å²) >= 11 is 10.7. The smallest absolute Gasteiger partial charge is 0.0495 e. The normalized spacial score (nSPS) is 11.4. The molecule has 0 fully saturated rings. The van der Waals surface area contributed by atoms with Gasteiger partial charge in [0.1, 0.15) is 0 Å². The van der Waals surface area contributed by atoms with Crippen LogP contribution in [0.2, 0.25) is 0 Å². The molecule has 3 aromatic carbocycles. The van der Waals surface area contributed by atoms with Crippen molar-refractivity contribution in [2.24, 2.45) is 0 Å². The molecule has 114 valence electrons. The first kappa shape index (κ1) is 15.4. The Kier molecular flexibility index (Phi) is 4.08. The van der Waals surface area contributed by atoms with Crippen LogP contribution in [0.1, 0.15) is 5.56 Å². The molecule has 0 spiro atoms. The van der Waals surface area contributed by atoms with E-state index in [1.54, 1.807) is 0 Å². The van der Waals surface area contributed by atoms with Gasteiger partial charge in [0, 0.05) is 41.8 Å². The molecule has 0 atom stereocenters. The molecular formula is C19H12Br3N. The highest BCUT2D eigenvalue weighted by molar-refractivity contribution is 9.11. The Morgan fingerprint density at radius 2 is 1.09 bits per heavy atom. The molecule has 0 bridgehead atoms. The molecule has 1 heterocycles. The zero-order chi connectivity index (χ0) is 16.0. The summed E-state index contributed by atoms with van der Waals surface area (Å²) in [4.78, 5) is 0. The maximum Gasteiger partial charge on any atom is 0.0495 e. The van der Waals surface area contributed by atoms with E-state index in [0.29, 0.717) is 0 Å². The molecule has 1 nitrogen and oxygen atoms in total. The minimum atomic E-state index is 0.858. The predicted molar refractivity (Wildman–Crippen MR) is 108 cm³/mol. The third-order valence-electron chi connectivity index (χ3n) is 4.04. The molecule has 0 amide bonds. The van der Waals surface area contributed by atoms with Gasteiger partial charge in [-0.1, -0.05) is 59.9 Å². The van der Waals surface area contributed by atoms with Crippen LogP contribution in [0.4, 0.5) is 0 Å². The quantitative estimate of drug-likeness (QED) is 0.280. The fourth-order valence-electron chi connectivity index (χ4n) is 2.99. The first-order valence-electron chi connectivity index (χ1n) is 7.23. The lowest BCUT2D eigenvalue weighted by atomic mass is 10.2. The first-order chi connectivity index (χ1) is 11.1. The van der Waals surface area contributed by atoms with Crippen LogP contribution in [0.25, 0.3) is 21.8 Å². The van der Waals surface area contributed by atoms with Gasteiger partial charge in [-0.3, -0.25) is 0 Å². The van der Waals surface area contributed by atoms with Crippen molar-refractivity contribution in [3.8, 4) is 0 Å². The molecule has 0 aliphatic rings. The maximum atomic E-state index is 3.59. The molecule has 4 aromatic rings. The lowest BCUT2D eigenvalue weighted by Gasteiger charge is -2.08. The number of aromatic nitrogens is 1. The van der Waals surface area contributed by atoms with Gasteiger partial charge >= 0.3 is 0 Å². The molecule has 0 aliphatic carbocycles. The zero-order valence-electron chi connectivity index (χ0n) is 12.1. The van der Waals surface area contributed by atoms with Crippen molar-refractivity contribution in [3.63, 3.8) is 0 Å². The molecule has 23 heavy (non-hydrogen) atoms. The topological polar surface area (TPSA) is 4.93 Å². The van der Waals surface area contributed by atoms with Crippen molar-refractivity contribution >= 4 is 69.6 Å². The monoisotopic (exact) mass is 491 g/mol. The van der Waals surface area contributed by atoms with Gasteiger partial charge < -0.3 is 4.57 Å². The number of hydrogen-bond donors (Lipinski definition) is 0. The van der Waals surface area contributed by atoms with Gasteiger partial charge in [-0.15, -0.1) is 0 Å². The van der Waals surface area contributed by atoms with Gasteiger partial charge in [0.05, 0.1) is 0 Å². The Morgan fingerprint density at radius 3 is 1.61 bits per heavy atom. The standard InChI is InChI=1S/C19H12Br3N/c20-13-3-1-12(2-4-13)11-23-18-7-5-14(21)9-16(18)17-10-15(22)6-8-19(17)23/h1-10H,11H2. The fraction of sp³-hybridized carbons (Fsp3) is 0.0526. The highest BCUT2D eigenvalue weighted by atomic mass is 79.9. The van der Waals surface area contributed by atoms with E-state index in [9.17, 15) is 0 Å². The average molecular weight is 494 g/mol. The lowest BCUT2D eigenvalue weighted by Crippen LogP contribution is -1.99. The van der Waals surface area contributed by atoms with Crippen LogP contribution < -0.4 is 0 Å². The summed E-state index contributed by atoms with van der Waals surface area (Å²) in [6.07, 6.45) is 0. The van der Waals surface area contributed by atoms with Gasteiger partial charge in [-0.25, -0.2) is 0 Å². The van der Waals surface area contributed by atoms with Crippen LogP contribution >= 0.6 is 47.8 Å². The number of hydrogen-bond acceptors (Lipinski definition) is 0. The van der Waals surface area contributed by atoms with Crippen LogP contribution in [0.15, 0.2) is 74.1 Å². The maximum absolute atomic E-state index is 3.59. The zero-order valence-corrected chi connectivity index (χ0v) is 16.8. The summed E-state index contributed by atoms with van der Waals surface area (Å²) in [6, 6.07) is 21.5. The van der Waals surface area contributed by atoms with E-state index in [1.807, 2.05) is 0 Å². The third kappa shape index (κ3) is 2.88. The number of fused-ring (bicyclic) bond motifs is 3. The molecule has 1 aromatic heterocycles. The molecule has 0 unspecified atom stereocenters. The summed E-state index contributed by atoms with van der Waals surface area (Å²) in [5.41, 5.74) is 3.80. The molecule has 0 radical (unpaired) electrons. The predicted octanol–water partition coefficient (Wildman–Crippen LogP) is 7.13. The van der Waals surface area contributed by atoms with Crippen LogP contribution in [0.5, 0.6) is 0 Å². The van der Waals surface area contributed by atoms with E-state index in [-0.39, 0.29) is 0 Å².